The molecule has 0 aliphatic carbocycles. The fraction of sp³-hybridized carbons (Fsp3) is 0.706. The van der Waals surface area contributed by atoms with E-state index in [4.69, 9.17) is 14.3 Å². The molecule has 3 rings (SSSR count). The van der Waals surface area contributed by atoms with E-state index in [1.54, 1.807) is 24.2 Å². The van der Waals surface area contributed by atoms with Gasteiger partial charge in [-0.3, -0.25) is 9.69 Å². The first-order valence-electron chi connectivity index (χ1n) is 8.86. The van der Waals surface area contributed by atoms with Gasteiger partial charge in [0.1, 0.15) is 6.04 Å². The Morgan fingerprint density at radius 1 is 1.31 bits per heavy atom. The fourth-order valence-electron chi connectivity index (χ4n) is 3.73. The van der Waals surface area contributed by atoms with E-state index in [2.05, 4.69) is 0 Å². The largest absolute Gasteiger partial charge is 0.467 e. The van der Waals surface area contributed by atoms with Crippen LogP contribution in [0.25, 0.3) is 0 Å². The lowest BCUT2D eigenvalue weighted by Crippen LogP contribution is -2.54. The zero-order chi connectivity index (χ0) is 18.7. The Labute approximate surface area is 152 Å². The molecule has 0 N–H and O–H groups in total. The summed E-state index contributed by atoms with van der Waals surface area (Å²) in [6.45, 7) is 1.42. The summed E-state index contributed by atoms with van der Waals surface area (Å²) in [6, 6.07) is -0.915. The van der Waals surface area contributed by atoms with Crippen LogP contribution in [0, 0.1) is 0 Å². The molecule has 0 unspecified atom stereocenters. The van der Waals surface area contributed by atoms with Crippen molar-refractivity contribution in [2.75, 3.05) is 33.9 Å². The smallest absolute Gasteiger partial charge is 0.344 e. The molecule has 9 heteroatoms. The Morgan fingerprint density at radius 2 is 2.12 bits per heavy atom. The number of methoxy groups -OCH3 is 2. The Kier molecular flexibility index (Phi) is 5.77. The highest BCUT2D eigenvalue weighted by molar-refractivity contribution is 5.88. The number of carbonyl (C=O) groups is 3. The molecular formula is C17H25N3O6. The molecule has 3 aliphatic heterocycles. The number of likely N-dealkylation sites (tertiary alicyclic amines) is 2. The predicted octanol–water partition coefficient (Wildman–Crippen LogP) is 0.511. The van der Waals surface area contributed by atoms with Crippen molar-refractivity contribution in [2.24, 2.45) is 0 Å². The molecule has 3 atom stereocenters. The van der Waals surface area contributed by atoms with Gasteiger partial charge >= 0.3 is 12.0 Å². The molecule has 3 heterocycles. The maximum Gasteiger partial charge on any atom is 0.344 e. The SMILES string of the molecule is COC[C@H]1CCCN1C(=O)N1CC=C[C@@H](N2C(=O)CC[C@H]2C(=O)OC)O1. The highest BCUT2D eigenvalue weighted by Crippen LogP contribution is 2.27. The van der Waals surface area contributed by atoms with Gasteiger partial charge < -0.3 is 14.4 Å². The topological polar surface area (TPSA) is 88.6 Å². The highest BCUT2D eigenvalue weighted by atomic mass is 16.7. The van der Waals surface area contributed by atoms with Crippen molar-refractivity contribution in [3.8, 4) is 0 Å². The normalized spacial score (nSPS) is 28.8. The number of nitrogens with zero attached hydrogens (tertiary/aromatic N) is 3. The lowest BCUT2D eigenvalue weighted by atomic mass is 10.2. The van der Waals surface area contributed by atoms with Crippen molar-refractivity contribution in [1.82, 2.24) is 14.9 Å². The van der Waals surface area contributed by atoms with Crippen LogP contribution in [0.4, 0.5) is 4.79 Å². The third-order valence-electron chi connectivity index (χ3n) is 5.01. The van der Waals surface area contributed by atoms with Gasteiger partial charge in [-0.25, -0.2) is 14.4 Å². The first kappa shape index (κ1) is 18.7. The molecule has 0 saturated carbocycles. The Balaban J connectivity index is 1.70. The number of carbonyl (C=O) groups excluding carboxylic acids is 3. The van der Waals surface area contributed by atoms with Crippen molar-refractivity contribution in [3.63, 3.8) is 0 Å². The molecule has 0 bridgehead atoms. The second-order valence-corrected chi connectivity index (χ2v) is 6.59. The molecule has 2 saturated heterocycles. The van der Waals surface area contributed by atoms with Crippen molar-refractivity contribution >= 4 is 17.9 Å². The number of rotatable bonds is 4. The minimum Gasteiger partial charge on any atom is -0.467 e. The van der Waals surface area contributed by atoms with Crippen LogP contribution < -0.4 is 0 Å². The number of hydrogen-bond acceptors (Lipinski definition) is 6. The van der Waals surface area contributed by atoms with Crippen molar-refractivity contribution < 1.29 is 28.7 Å². The van der Waals surface area contributed by atoms with Crippen LogP contribution in [0.5, 0.6) is 0 Å². The maximum absolute atomic E-state index is 12.8. The van der Waals surface area contributed by atoms with E-state index in [9.17, 15) is 14.4 Å². The molecule has 26 heavy (non-hydrogen) atoms. The van der Waals surface area contributed by atoms with Crippen LogP contribution in [-0.2, 0) is 23.9 Å². The minimum absolute atomic E-state index is 0.0247. The molecule has 0 aromatic heterocycles. The summed E-state index contributed by atoms with van der Waals surface area (Å²) in [5, 5.41) is 1.25. The van der Waals surface area contributed by atoms with Gasteiger partial charge in [0.05, 0.1) is 26.3 Å². The first-order chi connectivity index (χ1) is 12.6. The number of urea groups is 1. The summed E-state index contributed by atoms with van der Waals surface area (Å²) in [5.74, 6) is -0.668. The predicted molar refractivity (Wildman–Crippen MR) is 89.6 cm³/mol. The molecule has 3 amide bonds. The molecule has 0 aromatic carbocycles. The van der Waals surface area contributed by atoms with Crippen LogP contribution >= 0.6 is 0 Å². The van der Waals surface area contributed by atoms with Crippen LogP contribution in [0.15, 0.2) is 12.2 Å². The number of ether oxygens (including phenoxy) is 2. The standard InChI is InChI=1S/C17H25N3O6/c1-24-11-12-5-3-9-18(12)17(23)19-10-4-6-15(26-19)20-13(16(22)25-2)7-8-14(20)21/h4,6,12-13,15H,3,5,7-11H2,1-2H3/t12-,13+,15+/m1/s1. The number of hydrogen-bond donors (Lipinski definition) is 0. The van der Waals surface area contributed by atoms with E-state index in [0.717, 1.165) is 12.8 Å². The third kappa shape index (κ3) is 3.54. The van der Waals surface area contributed by atoms with Gasteiger partial charge in [0, 0.05) is 20.1 Å². The van der Waals surface area contributed by atoms with E-state index >= 15 is 0 Å². The van der Waals surface area contributed by atoms with Crippen LogP contribution in [0.1, 0.15) is 25.7 Å². The van der Waals surface area contributed by atoms with E-state index in [1.807, 2.05) is 0 Å². The lowest BCUT2D eigenvalue weighted by molar-refractivity contribution is -0.205. The van der Waals surface area contributed by atoms with Gasteiger partial charge in [-0.2, -0.15) is 5.06 Å². The van der Waals surface area contributed by atoms with Gasteiger partial charge in [0.25, 0.3) is 0 Å². The second kappa shape index (κ2) is 8.05. The minimum atomic E-state index is -0.796. The van der Waals surface area contributed by atoms with Gasteiger partial charge in [0.2, 0.25) is 5.91 Å². The molecule has 0 radical (unpaired) electrons. The third-order valence-corrected chi connectivity index (χ3v) is 5.01. The summed E-state index contributed by atoms with van der Waals surface area (Å²) in [7, 11) is 2.91. The fourth-order valence-corrected chi connectivity index (χ4v) is 3.73. The first-order valence-corrected chi connectivity index (χ1v) is 8.86. The molecule has 3 aliphatic rings. The zero-order valence-corrected chi connectivity index (χ0v) is 15.1. The lowest BCUT2D eigenvalue weighted by Gasteiger charge is -2.37. The highest BCUT2D eigenvalue weighted by Gasteiger charge is 2.43. The second-order valence-electron chi connectivity index (χ2n) is 6.59. The molecule has 0 spiro atoms. The monoisotopic (exact) mass is 367 g/mol. The summed E-state index contributed by atoms with van der Waals surface area (Å²) in [5.41, 5.74) is 0. The number of esters is 1. The van der Waals surface area contributed by atoms with Gasteiger partial charge in [-0.1, -0.05) is 6.08 Å². The zero-order valence-electron chi connectivity index (χ0n) is 15.1. The van der Waals surface area contributed by atoms with Crippen LogP contribution in [0.2, 0.25) is 0 Å². The Hall–Kier alpha value is -2.13. The average molecular weight is 367 g/mol. The van der Waals surface area contributed by atoms with Crippen molar-refractivity contribution in [1.29, 1.82) is 0 Å². The maximum atomic E-state index is 12.8. The van der Waals surface area contributed by atoms with Crippen LogP contribution in [-0.4, -0.2) is 85.0 Å². The molecule has 144 valence electrons. The Morgan fingerprint density at radius 3 is 2.85 bits per heavy atom. The summed E-state index contributed by atoms with van der Waals surface area (Å²) >= 11 is 0. The Bertz CT molecular complexity index is 595. The summed E-state index contributed by atoms with van der Waals surface area (Å²) in [6.07, 6.45) is 5.12. The molecule has 0 aromatic rings. The summed E-state index contributed by atoms with van der Waals surface area (Å²) < 4.78 is 9.98. The van der Waals surface area contributed by atoms with E-state index in [0.29, 0.717) is 19.6 Å². The summed E-state index contributed by atoms with van der Waals surface area (Å²) in [4.78, 5) is 45.9. The van der Waals surface area contributed by atoms with Gasteiger partial charge in [-0.05, 0) is 25.3 Å². The molecule has 9 nitrogen and oxygen atoms in total. The number of hydroxylamine groups is 2. The molecular weight excluding hydrogens is 342 g/mol. The van der Waals surface area contributed by atoms with Crippen LogP contribution in [0.3, 0.4) is 0 Å². The van der Waals surface area contributed by atoms with E-state index < -0.39 is 18.2 Å². The van der Waals surface area contributed by atoms with E-state index in [1.165, 1.54) is 17.1 Å². The van der Waals surface area contributed by atoms with Gasteiger partial charge in [0.15, 0.2) is 6.23 Å². The number of amides is 3. The average Bonchev–Trinajstić information content (AvgIpc) is 3.27. The van der Waals surface area contributed by atoms with Gasteiger partial charge in [-0.15, -0.1) is 0 Å². The van der Waals surface area contributed by atoms with Crippen molar-refractivity contribution in [3.05, 3.63) is 12.2 Å². The quantitative estimate of drug-likeness (QED) is 0.531. The molecule has 2 fully saturated rings. The van der Waals surface area contributed by atoms with Crippen molar-refractivity contribution in [2.45, 2.75) is 44.0 Å². The van der Waals surface area contributed by atoms with E-state index in [-0.39, 0.29) is 30.9 Å².